The summed E-state index contributed by atoms with van der Waals surface area (Å²) in [6, 6.07) is 5.50. The van der Waals surface area contributed by atoms with Gasteiger partial charge in [-0.3, -0.25) is 9.78 Å². The Hall–Kier alpha value is -2.63. The van der Waals surface area contributed by atoms with Crippen LogP contribution >= 0.6 is 0 Å². The summed E-state index contributed by atoms with van der Waals surface area (Å²) in [6.45, 7) is 0. The van der Waals surface area contributed by atoms with Gasteiger partial charge in [-0.15, -0.1) is 0 Å². The Labute approximate surface area is 102 Å². The van der Waals surface area contributed by atoms with E-state index in [-0.39, 0.29) is 16.8 Å². The highest BCUT2D eigenvalue weighted by Gasteiger charge is 2.17. The van der Waals surface area contributed by atoms with Crippen LogP contribution < -0.4 is 0 Å². The van der Waals surface area contributed by atoms with E-state index in [0.717, 1.165) is 6.07 Å². The van der Waals surface area contributed by atoms with Crippen molar-refractivity contribution in [2.45, 2.75) is 0 Å². The average Bonchev–Trinajstić information content (AvgIpc) is 2.40. The van der Waals surface area contributed by atoms with Crippen molar-refractivity contribution < 1.29 is 14.4 Å². The SMILES string of the molecule is O=C(/C(=N/O)c1ccnc(F)c1)c1cccnc1. The van der Waals surface area contributed by atoms with E-state index in [1.807, 2.05) is 0 Å². The fraction of sp³-hybridized carbons (Fsp3) is 0. The number of carbonyl (C=O) groups excluding carboxylic acids is 1. The van der Waals surface area contributed by atoms with Crippen molar-refractivity contribution in [3.8, 4) is 0 Å². The van der Waals surface area contributed by atoms with Gasteiger partial charge in [0.1, 0.15) is 0 Å². The molecule has 6 heteroatoms. The molecule has 2 heterocycles. The van der Waals surface area contributed by atoms with Crippen LogP contribution in [0, 0.1) is 5.95 Å². The highest BCUT2D eigenvalue weighted by Crippen LogP contribution is 2.08. The number of Topliss-reactive ketones (excluding diaryl/α,β-unsaturated/α-hetero) is 1. The molecule has 0 atom stereocenters. The second-order valence-corrected chi connectivity index (χ2v) is 3.39. The van der Waals surface area contributed by atoms with Crippen molar-refractivity contribution in [2.24, 2.45) is 5.16 Å². The normalized spacial score (nSPS) is 11.3. The molecular formula is C12H8FN3O2. The minimum absolute atomic E-state index is 0.152. The maximum Gasteiger partial charge on any atom is 0.216 e. The quantitative estimate of drug-likeness (QED) is 0.293. The number of nitrogens with zero attached hydrogens (tertiary/aromatic N) is 3. The maximum atomic E-state index is 13.0. The summed E-state index contributed by atoms with van der Waals surface area (Å²) in [6.07, 6.45) is 4.04. The fourth-order valence-electron chi connectivity index (χ4n) is 1.42. The molecule has 0 spiro atoms. The molecule has 0 radical (unpaired) electrons. The van der Waals surface area contributed by atoms with Gasteiger partial charge in [-0.2, -0.15) is 4.39 Å². The van der Waals surface area contributed by atoms with Gasteiger partial charge in [-0.1, -0.05) is 5.16 Å². The van der Waals surface area contributed by atoms with E-state index in [4.69, 9.17) is 5.21 Å². The largest absolute Gasteiger partial charge is 0.410 e. The van der Waals surface area contributed by atoms with Gasteiger partial charge in [0.15, 0.2) is 5.71 Å². The summed E-state index contributed by atoms with van der Waals surface area (Å²) in [7, 11) is 0. The van der Waals surface area contributed by atoms with Crippen molar-refractivity contribution in [1.82, 2.24) is 9.97 Å². The van der Waals surface area contributed by atoms with Crippen LogP contribution in [0.2, 0.25) is 0 Å². The molecule has 18 heavy (non-hydrogen) atoms. The lowest BCUT2D eigenvalue weighted by atomic mass is 10.0. The van der Waals surface area contributed by atoms with Gasteiger partial charge in [-0.25, -0.2) is 4.98 Å². The number of rotatable bonds is 3. The Morgan fingerprint density at radius 2 is 2.11 bits per heavy atom. The number of halogens is 1. The molecule has 1 N–H and O–H groups in total. The summed E-state index contributed by atoms with van der Waals surface area (Å²) in [5.74, 6) is -1.30. The molecule has 0 saturated heterocycles. The van der Waals surface area contributed by atoms with Gasteiger partial charge in [-0.05, 0) is 18.2 Å². The van der Waals surface area contributed by atoms with E-state index in [0.29, 0.717) is 0 Å². The smallest absolute Gasteiger partial charge is 0.216 e. The van der Waals surface area contributed by atoms with Gasteiger partial charge in [0.05, 0.1) is 0 Å². The van der Waals surface area contributed by atoms with Gasteiger partial charge >= 0.3 is 0 Å². The number of hydrogen-bond donors (Lipinski definition) is 1. The van der Waals surface area contributed by atoms with E-state index in [9.17, 15) is 9.18 Å². The second-order valence-electron chi connectivity index (χ2n) is 3.39. The minimum atomic E-state index is -0.757. The van der Waals surface area contributed by atoms with Crippen LogP contribution in [0.1, 0.15) is 15.9 Å². The number of aromatic nitrogens is 2. The van der Waals surface area contributed by atoms with Crippen LogP contribution in [0.4, 0.5) is 4.39 Å². The van der Waals surface area contributed by atoms with Crippen LogP contribution in [0.5, 0.6) is 0 Å². The van der Waals surface area contributed by atoms with E-state index in [1.54, 1.807) is 6.07 Å². The molecule has 2 aromatic heterocycles. The van der Waals surface area contributed by atoms with E-state index >= 15 is 0 Å². The molecule has 0 aliphatic carbocycles. The molecule has 0 aliphatic heterocycles. The number of hydrogen-bond acceptors (Lipinski definition) is 5. The maximum absolute atomic E-state index is 13.0. The topological polar surface area (TPSA) is 75.4 Å². The third-order valence-corrected chi connectivity index (χ3v) is 2.24. The summed E-state index contributed by atoms with van der Waals surface area (Å²) in [4.78, 5) is 19.2. The average molecular weight is 245 g/mol. The van der Waals surface area contributed by atoms with Crippen LogP contribution in [0.25, 0.3) is 0 Å². The predicted molar refractivity (Wildman–Crippen MR) is 61.1 cm³/mol. The van der Waals surface area contributed by atoms with Gasteiger partial charge in [0.25, 0.3) is 0 Å². The molecule has 2 aromatic rings. The first kappa shape index (κ1) is 11.8. The zero-order valence-corrected chi connectivity index (χ0v) is 9.12. The molecule has 0 fully saturated rings. The Morgan fingerprint density at radius 3 is 2.72 bits per heavy atom. The molecule has 0 aromatic carbocycles. The summed E-state index contributed by atoms with van der Waals surface area (Å²) >= 11 is 0. The third-order valence-electron chi connectivity index (χ3n) is 2.24. The molecular weight excluding hydrogens is 237 g/mol. The van der Waals surface area contributed by atoms with E-state index in [1.165, 1.54) is 30.7 Å². The lowest BCUT2D eigenvalue weighted by Gasteiger charge is -2.03. The molecule has 0 unspecified atom stereocenters. The van der Waals surface area contributed by atoms with Crippen LogP contribution in [0.15, 0.2) is 48.0 Å². The highest BCUT2D eigenvalue weighted by atomic mass is 19.1. The Kier molecular flexibility index (Phi) is 3.38. The highest BCUT2D eigenvalue weighted by molar-refractivity contribution is 6.51. The van der Waals surface area contributed by atoms with Crippen LogP contribution in [-0.4, -0.2) is 26.7 Å². The standard InChI is InChI=1S/C12H8FN3O2/c13-10-6-8(3-5-15-10)11(16-18)12(17)9-2-1-4-14-7-9/h1-7,18H/b16-11+. The molecule has 90 valence electrons. The molecule has 5 nitrogen and oxygen atoms in total. The first-order valence-electron chi connectivity index (χ1n) is 5.01. The lowest BCUT2D eigenvalue weighted by Crippen LogP contribution is -2.16. The van der Waals surface area contributed by atoms with Crippen LogP contribution in [-0.2, 0) is 0 Å². The van der Waals surface area contributed by atoms with Gasteiger partial charge in [0.2, 0.25) is 11.7 Å². The van der Waals surface area contributed by atoms with E-state index in [2.05, 4.69) is 15.1 Å². The first-order chi connectivity index (χ1) is 8.72. The minimum Gasteiger partial charge on any atom is -0.410 e. The predicted octanol–water partition coefficient (Wildman–Crippen LogP) is 1.68. The zero-order chi connectivity index (χ0) is 13.0. The number of ketones is 1. The van der Waals surface area contributed by atoms with E-state index < -0.39 is 11.7 Å². The van der Waals surface area contributed by atoms with Crippen molar-refractivity contribution in [3.05, 3.63) is 59.9 Å². The van der Waals surface area contributed by atoms with Crippen molar-refractivity contribution in [3.63, 3.8) is 0 Å². The Bertz CT molecular complexity index is 599. The van der Waals surface area contributed by atoms with Crippen molar-refractivity contribution in [2.75, 3.05) is 0 Å². The lowest BCUT2D eigenvalue weighted by molar-refractivity contribution is 0.106. The number of carbonyl (C=O) groups is 1. The van der Waals surface area contributed by atoms with Gasteiger partial charge < -0.3 is 5.21 Å². The second kappa shape index (κ2) is 5.13. The molecule has 0 aliphatic rings. The molecule has 2 rings (SSSR count). The number of pyridine rings is 2. The van der Waals surface area contributed by atoms with Crippen LogP contribution in [0.3, 0.4) is 0 Å². The monoisotopic (exact) mass is 245 g/mol. The Morgan fingerprint density at radius 1 is 1.28 bits per heavy atom. The van der Waals surface area contributed by atoms with Gasteiger partial charge in [0, 0.05) is 35.8 Å². The molecule has 0 amide bonds. The summed E-state index contributed by atoms with van der Waals surface area (Å²) < 4.78 is 13.0. The van der Waals surface area contributed by atoms with Crippen molar-refractivity contribution >= 4 is 11.5 Å². The Balaban J connectivity index is 2.39. The number of oxime groups is 1. The third kappa shape index (κ3) is 2.37. The zero-order valence-electron chi connectivity index (χ0n) is 9.12. The molecule has 0 bridgehead atoms. The summed E-state index contributed by atoms with van der Waals surface area (Å²) in [5, 5.41) is 11.8. The molecule has 0 saturated carbocycles. The van der Waals surface area contributed by atoms with Crippen molar-refractivity contribution in [1.29, 1.82) is 0 Å². The summed E-state index contributed by atoms with van der Waals surface area (Å²) in [5.41, 5.74) is 0.144. The first-order valence-corrected chi connectivity index (χ1v) is 5.01. The fourth-order valence-corrected chi connectivity index (χ4v) is 1.42.